The number of carbonyl (C=O) groups is 1. The van der Waals surface area contributed by atoms with Crippen molar-refractivity contribution in [2.24, 2.45) is 0 Å². The van der Waals surface area contributed by atoms with Crippen LogP contribution in [0.3, 0.4) is 0 Å². The molecule has 2 rings (SSSR count). The molecule has 0 saturated heterocycles. The molecule has 0 saturated carbocycles. The molecule has 7 heteroatoms. The maximum absolute atomic E-state index is 10.8. The third-order valence-electron chi connectivity index (χ3n) is 2.16. The molecule has 1 aromatic heterocycles. The maximum atomic E-state index is 10.8. The molecule has 2 N–H and O–H groups in total. The molecular weight excluding hydrogens is 226 g/mol. The molecule has 0 aliphatic carbocycles. The Balaban J connectivity index is 2.52. The molecule has 0 spiro atoms. The van der Waals surface area contributed by atoms with Crippen LogP contribution in [-0.2, 0) is 0 Å². The summed E-state index contributed by atoms with van der Waals surface area (Å²) in [4.78, 5) is 27.2. The highest BCUT2D eigenvalue weighted by molar-refractivity contribution is 5.86. The SMILES string of the molecule is O=C(O)c1cnc(-c2ccccc2[N+](=O)[O-])[nH]1. The molecule has 0 unspecified atom stereocenters. The standard InChI is InChI=1S/C10H7N3O4/c14-10(15)7-5-11-9(12-7)6-3-1-2-4-8(6)13(16)17/h1-5H,(H,11,12)(H,14,15). The molecule has 0 atom stereocenters. The number of nitrogens with one attached hydrogen (secondary N) is 1. The molecule has 0 bridgehead atoms. The monoisotopic (exact) mass is 233 g/mol. The van der Waals surface area contributed by atoms with Gasteiger partial charge in [-0.25, -0.2) is 9.78 Å². The first kappa shape index (κ1) is 10.8. The van der Waals surface area contributed by atoms with Crippen LogP contribution in [0, 0.1) is 10.1 Å². The average molecular weight is 233 g/mol. The van der Waals surface area contributed by atoms with Gasteiger partial charge in [-0.15, -0.1) is 0 Å². The Bertz CT molecular complexity index is 591. The van der Waals surface area contributed by atoms with Crippen molar-refractivity contribution in [3.05, 3.63) is 46.3 Å². The van der Waals surface area contributed by atoms with E-state index in [0.29, 0.717) is 0 Å². The van der Waals surface area contributed by atoms with E-state index in [4.69, 9.17) is 5.11 Å². The zero-order chi connectivity index (χ0) is 12.4. The third kappa shape index (κ3) is 1.98. The predicted octanol–water partition coefficient (Wildman–Crippen LogP) is 1.68. The van der Waals surface area contributed by atoms with Gasteiger partial charge in [0.05, 0.1) is 16.7 Å². The summed E-state index contributed by atoms with van der Waals surface area (Å²) in [5.41, 5.74) is 0.0157. The van der Waals surface area contributed by atoms with Gasteiger partial charge >= 0.3 is 5.97 Å². The van der Waals surface area contributed by atoms with E-state index >= 15 is 0 Å². The van der Waals surface area contributed by atoms with Crippen LogP contribution >= 0.6 is 0 Å². The fraction of sp³-hybridized carbons (Fsp3) is 0. The van der Waals surface area contributed by atoms with E-state index in [1.807, 2.05) is 0 Å². The molecule has 7 nitrogen and oxygen atoms in total. The van der Waals surface area contributed by atoms with Gasteiger partial charge in [-0.3, -0.25) is 10.1 Å². The number of aromatic carboxylic acids is 1. The van der Waals surface area contributed by atoms with Gasteiger partial charge in [0.1, 0.15) is 11.5 Å². The number of benzene rings is 1. The van der Waals surface area contributed by atoms with Crippen molar-refractivity contribution in [1.29, 1.82) is 0 Å². The van der Waals surface area contributed by atoms with E-state index in [9.17, 15) is 14.9 Å². The molecule has 1 aromatic carbocycles. The second-order valence-electron chi connectivity index (χ2n) is 3.22. The van der Waals surface area contributed by atoms with Gasteiger partial charge in [-0.1, -0.05) is 12.1 Å². The zero-order valence-electron chi connectivity index (χ0n) is 8.45. The van der Waals surface area contributed by atoms with E-state index in [0.717, 1.165) is 6.20 Å². The van der Waals surface area contributed by atoms with Gasteiger partial charge in [0.25, 0.3) is 5.69 Å². The van der Waals surface area contributed by atoms with E-state index in [-0.39, 0.29) is 22.8 Å². The Kier molecular flexibility index (Phi) is 2.57. The van der Waals surface area contributed by atoms with Crippen molar-refractivity contribution >= 4 is 11.7 Å². The summed E-state index contributed by atoms with van der Waals surface area (Å²) in [5, 5.41) is 19.5. The highest BCUT2D eigenvalue weighted by atomic mass is 16.6. The minimum absolute atomic E-state index is 0.113. The largest absolute Gasteiger partial charge is 0.477 e. The normalized spacial score (nSPS) is 10.1. The quantitative estimate of drug-likeness (QED) is 0.619. The number of rotatable bonds is 3. The lowest BCUT2D eigenvalue weighted by Crippen LogP contribution is -1.96. The van der Waals surface area contributed by atoms with Gasteiger partial charge in [0.2, 0.25) is 0 Å². The van der Waals surface area contributed by atoms with Gasteiger partial charge in [-0.2, -0.15) is 0 Å². The maximum Gasteiger partial charge on any atom is 0.353 e. The molecule has 0 amide bonds. The number of imidazole rings is 1. The number of nitro benzene ring substituents is 1. The summed E-state index contributed by atoms with van der Waals surface area (Å²) in [5.74, 6) is -1.00. The Labute approximate surface area is 94.9 Å². The second-order valence-corrected chi connectivity index (χ2v) is 3.22. The van der Waals surface area contributed by atoms with Crippen LogP contribution < -0.4 is 0 Å². The van der Waals surface area contributed by atoms with E-state index in [2.05, 4.69) is 9.97 Å². The van der Waals surface area contributed by atoms with Crippen molar-refractivity contribution in [2.45, 2.75) is 0 Å². The number of hydrogen-bond acceptors (Lipinski definition) is 4. The van der Waals surface area contributed by atoms with Gasteiger partial charge in [0.15, 0.2) is 0 Å². The van der Waals surface area contributed by atoms with Crippen molar-refractivity contribution in [3.63, 3.8) is 0 Å². The fourth-order valence-electron chi connectivity index (χ4n) is 1.40. The topological polar surface area (TPSA) is 109 Å². The van der Waals surface area contributed by atoms with Crippen LogP contribution in [0.1, 0.15) is 10.5 Å². The van der Waals surface area contributed by atoms with Gasteiger partial charge in [0, 0.05) is 6.07 Å². The molecule has 0 radical (unpaired) electrons. The molecule has 0 fully saturated rings. The summed E-state index contributed by atoms with van der Waals surface area (Å²) in [6.07, 6.45) is 1.12. The van der Waals surface area contributed by atoms with Crippen LogP contribution in [0.25, 0.3) is 11.4 Å². The lowest BCUT2D eigenvalue weighted by Gasteiger charge is -1.98. The minimum Gasteiger partial charge on any atom is -0.477 e. The highest BCUT2D eigenvalue weighted by Crippen LogP contribution is 2.26. The minimum atomic E-state index is -1.16. The average Bonchev–Trinajstić information content (AvgIpc) is 2.78. The number of para-hydroxylation sites is 1. The van der Waals surface area contributed by atoms with E-state index in [1.165, 1.54) is 18.2 Å². The number of carboxylic acids is 1. The number of aromatic nitrogens is 2. The Hall–Kier alpha value is -2.70. The lowest BCUT2D eigenvalue weighted by atomic mass is 10.2. The van der Waals surface area contributed by atoms with Gasteiger partial charge < -0.3 is 10.1 Å². The van der Waals surface area contributed by atoms with Crippen LogP contribution in [0.5, 0.6) is 0 Å². The first-order valence-corrected chi connectivity index (χ1v) is 4.61. The number of carboxylic acid groups (broad SMARTS) is 1. The molecular formula is C10H7N3O4. The second kappa shape index (κ2) is 4.05. The summed E-state index contributed by atoms with van der Waals surface area (Å²) in [7, 11) is 0. The van der Waals surface area contributed by atoms with Crippen LogP contribution in [0.2, 0.25) is 0 Å². The van der Waals surface area contributed by atoms with Crippen molar-refractivity contribution < 1.29 is 14.8 Å². The van der Waals surface area contributed by atoms with E-state index in [1.54, 1.807) is 6.07 Å². The molecule has 0 aliphatic rings. The fourth-order valence-corrected chi connectivity index (χ4v) is 1.40. The van der Waals surface area contributed by atoms with Crippen LogP contribution in [0.15, 0.2) is 30.5 Å². The lowest BCUT2D eigenvalue weighted by molar-refractivity contribution is -0.384. The first-order chi connectivity index (χ1) is 8.09. The Morgan fingerprint density at radius 1 is 1.41 bits per heavy atom. The smallest absolute Gasteiger partial charge is 0.353 e. The van der Waals surface area contributed by atoms with Crippen molar-refractivity contribution in [3.8, 4) is 11.4 Å². The van der Waals surface area contributed by atoms with Crippen LogP contribution in [0.4, 0.5) is 5.69 Å². The number of H-pyrrole nitrogens is 1. The Morgan fingerprint density at radius 2 is 2.12 bits per heavy atom. The third-order valence-corrected chi connectivity index (χ3v) is 2.16. The zero-order valence-corrected chi connectivity index (χ0v) is 8.45. The summed E-state index contributed by atoms with van der Waals surface area (Å²) in [6.45, 7) is 0. The van der Waals surface area contributed by atoms with E-state index < -0.39 is 10.9 Å². The molecule has 1 heterocycles. The molecule has 0 aliphatic heterocycles. The summed E-state index contributed by atoms with van der Waals surface area (Å²) < 4.78 is 0. The highest BCUT2D eigenvalue weighted by Gasteiger charge is 2.17. The molecule has 2 aromatic rings. The Morgan fingerprint density at radius 3 is 2.71 bits per heavy atom. The number of nitrogens with zero attached hydrogens (tertiary/aromatic N) is 2. The number of nitro groups is 1. The first-order valence-electron chi connectivity index (χ1n) is 4.61. The molecule has 86 valence electrons. The van der Waals surface area contributed by atoms with Gasteiger partial charge in [-0.05, 0) is 6.07 Å². The van der Waals surface area contributed by atoms with Crippen molar-refractivity contribution in [1.82, 2.24) is 9.97 Å². The van der Waals surface area contributed by atoms with Crippen molar-refractivity contribution in [2.75, 3.05) is 0 Å². The summed E-state index contributed by atoms with van der Waals surface area (Å²) in [6, 6.07) is 5.98. The number of aromatic amines is 1. The molecule has 17 heavy (non-hydrogen) atoms. The number of hydrogen-bond donors (Lipinski definition) is 2. The van der Waals surface area contributed by atoms with Crippen LogP contribution in [-0.4, -0.2) is 26.0 Å². The summed E-state index contributed by atoms with van der Waals surface area (Å²) >= 11 is 0. The predicted molar refractivity (Wildman–Crippen MR) is 57.6 cm³/mol.